The van der Waals surface area contributed by atoms with Gasteiger partial charge in [-0.25, -0.2) is 4.57 Å². The summed E-state index contributed by atoms with van der Waals surface area (Å²) < 4.78 is 28.5. The van der Waals surface area contributed by atoms with Gasteiger partial charge in [0, 0.05) is 30.5 Å². The molecule has 4 nitrogen and oxygen atoms in total. The first-order valence-electron chi connectivity index (χ1n) is 5.50. The number of phosphoric ester groups is 1. The molecule has 11 heteroatoms. The lowest BCUT2D eigenvalue weighted by atomic mass is 10.5. The summed E-state index contributed by atoms with van der Waals surface area (Å²) in [6, 6.07) is 0. The van der Waals surface area contributed by atoms with Crippen LogP contribution in [-0.4, -0.2) is 50.3 Å². The summed E-state index contributed by atoms with van der Waals surface area (Å²) in [4.78, 5) is 0.111. The molecule has 0 bridgehead atoms. The van der Waals surface area contributed by atoms with Crippen molar-refractivity contribution in [1.29, 1.82) is 0 Å². The minimum Gasteiger partial charge on any atom is -0.286 e. The number of rotatable bonds is 12. The van der Waals surface area contributed by atoms with Crippen molar-refractivity contribution in [1.82, 2.24) is 0 Å². The molecule has 0 rings (SSSR count). The van der Waals surface area contributed by atoms with E-state index < -0.39 is 7.82 Å². The molecule has 0 N–H and O–H groups in total. The Bertz CT molecular complexity index is 255. The predicted octanol–water partition coefficient (Wildman–Crippen LogP) is 5.62. The summed E-state index contributed by atoms with van der Waals surface area (Å²) in [5.41, 5.74) is 0. The second kappa shape index (κ2) is 13.3. The van der Waals surface area contributed by atoms with Crippen LogP contribution in [0, 0.1) is 0 Å². The maximum absolute atomic E-state index is 12.5. The van der Waals surface area contributed by atoms with Crippen molar-refractivity contribution >= 4 is 103 Å². The molecule has 0 aliphatic carbocycles. The first-order valence-corrected chi connectivity index (χ1v) is 13.1. The molecule has 0 saturated carbocycles. The topological polar surface area (TPSA) is 44.8 Å². The fraction of sp³-hybridized carbons (Fsp3) is 1.00. The van der Waals surface area contributed by atoms with Crippen molar-refractivity contribution in [3.63, 3.8) is 0 Å². The zero-order chi connectivity index (χ0) is 15.6. The second-order valence-electron chi connectivity index (χ2n) is 3.59. The first kappa shape index (κ1) is 23.0. The Morgan fingerprint density at radius 3 is 1.15 bits per heavy atom. The Hall–Kier alpha value is 2.99. The third-order valence-electron chi connectivity index (χ3n) is 1.74. The first-order chi connectivity index (χ1) is 9.36. The maximum atomic E-state index is 12.5. The smallest absolute Gasteiger partial charge is 0.286 e. The van der Waals surface area contributed by atoms with E-state index in [9.17, 15) is 4.57 Å². The average molecular weight is 698 g/mol. The molecule has 0 aliphatic rings. The molecule has 122 valence electrons. The van der Waals surface area contributed by atoms with E-state index in [2.05, 4.69) is 95.6 Å². The summed E-state index contributed by atoms with van der Waals surface area (Å²) in [7, 11) is -3.57. The Labute approximate surface area is 170 Å². The van der Waals surface area contributed by atoms with Crippen LogP contribution in [0.5, 0.6) is 0 Å². The molecule has 0 fully saturated rings. The van der Waals surface area contributed by atoms with E-state index in [-0.39, 0.29) is 34.3 Å². The van der Waals surface area contributed by atoms with Gasteiger partial charge in [-0.3, -0.25) is 13.6 Å². The van der Waals surface area contributed by atoms with Gasteiger partial charge in [-0.15, -0.1) is 0 Å². The fourth-order valence-electron chi connectivity index (χ4n) is 0.762. The van der Waals surface area contributed by atoms with E-state index >= 15 is 0 Å². The van der Waals surface area contributed by atoms with E-state index in [1.165, 1.54) is 0 Å². The van der Waals surface area contributed by atoms with Crippen molar-refractivity contribution < 1.29 is 18.1 Å². The second-order valence-corrected chi connectivity index (χ2v) is 11.1. The highest BCUT2D eigenvalue weighted by Gasteiger charge is 2.29. The lowest BCUT2D eigenvalue weighted by molar-refractivity contribution is 0.118. The highest BCUT2D eigenvalue weighted by atomic mass is 79.9. The van der Waals surface area contributed by atoms with Crippen molar-refractivity contribution in [2.24, 2.45) is 0 Å². The molecule has 0 aliphatic heterocycles. The lowest BCUT2D eigenvalue weighted by Gasteiger charge is -2.21. The number of hydrogen-bond acceptors (Lipinski definition) is 4. The van der Waals surface area contributed by atoms with Crippen LogP contribution >= 0.6 is 103 Å². The van der Waals surface area contributed by atoms with E-state index in [1.54, 1.807) is 0 Å². The third-order valence-corrected chi connectivity index (χ3v) is 9.85. The monoisotopic (exact) mass is 692 g/mol. The number of alkyl halides is 6. The van der Waals surface area contributed by atoms with Gasteiger partial charge in [-0.2, -0.15) is 0 Å². The van der Waals surface area contributed by atoms with E-state index in [0.29, 0.717) is 16.0 Å². The third kappa shape index (κ3) is 11.5. The van der Waals surface area contributed by atoms with Crippen LogP contribution in [0.4, 0.5) is 0 Å². The maximum Gasteiger partial charge on any atom is 0.474 e. The molecule has 0 unspecified atom stereocenters. The highest BCUT2D eigenvalue weighted by molar-refractivity contribution is 9.12. The molecule has 0 radical (unpaired) electrons. The minimum atomic E-state index is -3.57. The molecule has 0 aromatic heterocycles. The van der Waals surface area contributed by atoms with Crippen LogP contribution in [0.3, 0.4) is 0 Å². The van der Waals surface area contributed by atoms with Crippen LogP contribution in [-0.2, 0) is 18.1 Å². The van der Waals surface area contributed by atoms with Gasteiger partial charge in [-0.1, -0.05) is 95.6 Å². The Morgan fingerprint density at radius 2 is 0.950 bits per heavy atom. The standard InChI is InChI=1S/C9H15Br6O4P/c10-1-7(13)4-17-20(16,18-5-8(14)2-11)19-6-9(15)3-12/h7-9H,1-6H2/t7-,8-,9+/m1/s1. The fourth-order valence-corrected chi connectivity index (χ4v) is 3.64. The normalized spacial score (nSPS) is 16.9. The van der Waals surface area contributed by atoms with Gasteiger partial charge >= 0.3 is 7.82 Å². The summed E-state index contributed by atoms with van der Waals surface area (Å²) in [6.07, 6.45) is 0. The van der Waals surface area contributed by atoms with E-state index in [4.69, 9.17) is 13.6 Å². The van der Waals surface area contributed by atoms with Crippen LogP contribution in [0.2, 0.25) is 0 Å². The number of halogens is 6. The molecule has 0 spiro atoms. The van der Waals surface area contributed by atoms with Gasteiger partial charge in [0.05, 0.1) is 19.8 Å². The number of phosphoric acid groups is 1. The van der Waals surface area contributed by atoms with Crippen LogP contribution in [0.1, 0.15) is 0 Å². The summed E-state index contributed by atoms with van der Waals surface area (Å²) in [5.74, 6) is 0. The molecule has 0 aromatic rings. The highest BCUT2D eigenvalue weighted by Crippen LogP contribution is 2.50. The van der Waals surface area contributed by atoms with Crippen LogP contribution in [0.15, 0.2) is 0 Å². The van der Waals surface area contributed by atoms with Gasteiger partial charge in [0.1, 0.15) is 0 Å². The van der Waals surface area contributed by atoms with Gasteiger partial charge in [0.15, 0.2) is 0 Å². The van der Waals surface area contributed by atoms with Gasteiger partial charge in [0.2, 0.25) is 0 Å². The Morgan fingerprint density at radius 1 is 0.700 bits per heavy atom. The quantitative estimate of drug-likeness (QED) is 0.196. The van der Waals surface area contributed by atoms with Crippen LogP contribution < -0.4 is 0 Å². The van der Waals surface area contributed by atoms with Gasteiger partial charge < -0.3 is 0 Å². The molecule has 0 amide bonds. The van der Waals surface area contributed by atoms with E-state index in [0.717, 1.165) is 0 Å². The van der Waals surface area contributed by atoms with Gasteiger partial charge in [-0.05, 0) is 0 Å². The molecule has 0 aromatic carbocycles. The van der Waals surface area contributed by atoms with Gasteiger partial charge in [0.25, 0.3) is 0 Å². The molecule has 20 heavy (non-hydrogen) atoms. The summed E-state index contributed by atoms with van der Waals surface area (Å²) in [5, 5.41) is 2.04. The lowest BCUT2D eigenvalue weighted by Crippen LogP contribution is -2.17. The molecule has 3 atom stereocenters. The Kier molecular flexibility index (Phi) is 15.3. The average Bonchev–Trinajstić information content (AvgIpc) is 2.47. The summed E-state index contributed by atoms with van der Waals surface area (Å²) in [6.45, 7) is 0.682. The molecule has 0 heterocycles. The molecular weight excluding hydrogens is 682 g/mol. The van der Waals surface area contributed by atoms with Crippen molar-refractivity contribution in [3.8, 4) is 0 Å². The number of hydrogen-bond donors (Lipinski definition) is 0. The molecule has 0 saturated heterocycles. The largest absolute Gasteiger partial charge is 0.474 e. The van der Waals surface area contributed by atoms with Crippen molar-refractivity contribution in [2.75, 3.05) is 35.8 Å². The predicted molar refractivity (Wildman–Crippen MR) is 105 cm³/mol. The zero-order valence-electron chi connectivity index (χ0n) is 10.3. The summed E-state index contributed by atoms with van der Waals surface area (Å²) >= 11 is 20.0. The van der Waals surface area contributed by atoms with Crippen LogP contribution in [0.25, 0.3) is 0 Å². The minimum absolute atomic E-state index is 0.0370. The SMILES string of the molecule is O=P(OC[C@H](Br)CBr)(OC[C@H](Br)CBr)OC[C@@H](Br)CBr. The van der Waals surface area contributed by atoms with Crippen molar-refractivity contribution in [2.45, 2.75) is 14.5 Å². The zero-order valence-corrected chi connectivity index (χ0v) is 20.7. The van der Waals surface area contributed by atoms with E-state index in [1.807, 2.05) is 0 Å². The van der Waals surface area contributed by atoms with Crippen molar-refractivity contribution in [3.05, 3.63) is 0 Å². The Balaban J connectivity index is 4.45. The molecular formula is C9H15Br6O4P.